The van der Waals surface area contributed by atoms with Gasteiger partial charge in [-0.1, -0.05) is 37.0 Å². The monoisotopic (exact) mass is 475 g/mol. The molecule has 2 heterocycles. The highest BCUT2D eigenvalue weighted by atomic mass is 35.5. The zero-order valence-electron chi connectivity index (χ0n) is 16.2. The third-order valence-electron chi connectivity index (χ3n) is 4.91. The topological polar surface area (TPSA) is 69.7 Å². The average Bonchev–Trinajstić information content (AvgIpc) is 3.32. The number of hydrogen-bond acceptors (Lipinski definition) is 5. The van der Waals surface area contributed by atoms with Gasteiger partial charge in [-0.25, -0.2) is 8.42 Å². The third kappa shape index (κ3) is 4.72. The van der Waals surface area contributed by atoms with Crippen molar-refractivity contribution < 1.29 is 13.2 Å². The van der Waals surface area contributed by atoms with E-state index in [0.717, 1.165) is 43.0 Å². The first-order valence-electron chi connectivity index (χ1n) is 9.43. The Balaban J connectivity index is 2.01. The van der Waals surface area contributed by atoms with E-state index in [1.807, 2.05) is 0 Å². The van der Waals surface area contributed by atoms with Crippen molar-refractivity contribution in [3.8, 4) is 0 Å². The molecular formula is C19H23Cl2N3O3S2. The predicted molar refractivity (Wildman–Crippen MR) is 120 cm³/mol. The summed E-state index contributed by atoms with van der Waals surface area (Å²) in [6, 6.07) is 6.40. The molecule has 0 spiro atoms. The van der Waals surface area contributed by atoms with Gasteiger partial charge in [0.15, 0.2) is 0 Å². The van der Waals surface area contributed by atoms with Gasteiger partial charge in [-0.3, -0.25) is 4.79 Å². The molecule has 0 aliphatic carbocycles. The van der Waals surface area contributed by atoms with Gasteiger partial charge in [0.05, 0.1) is 26.2 Å². The van der Waals surface area contributed by atoms with Crippen LogP contribution in [0.25, 0.3) is 0 Å². The first-order valence-corrected chi connectivity index (χ1v) is 12.4. The number of rotatable bonds is 7. The van der Waals surface area contributed by atoms with Crippen molar-refractivity contribution in [1.29, 1.82) is 0 Å². The van der Waals surface area contributed by atoms with Crippen molar-refractivity contribution >= 4 is 61.8 Å². The fourth-order valence-corrected chi connectivity index (χ4v) is 6.35. The highest BCUT2D eigenvalue weighted by Gasteiger charge is 2.25. The van der Waals surface area contributed by atoms with E-state index in [1.54, 1.807) is 26.0 Å². The molecule has 0 atom stereocenters. The van der Waals surface area contributed by atoms with Crippen LogP contribution in [0, 0.1) is 0 Å². The maximum atomic E-state index is 13.0. The molecule has 0 saturated carbocycles. The Hall–Kier alpha value is -1.32. The normalized spacial score (nSPS) is 14.6. The number of nitrogens with one attached hydrogen (secondary N) is 1. The van der Waals surface area contributed by atoms with Gasteiger partial charge in [0.25, 0.3) is 5.91 Å². The third-order valence-corrected chi connectivity index (χ3v) is 8.44. The molecule has 2 aromatic rings. The van der Waals surface area contributed by atoms with E-state index < -0.39 is 15.9 Å². The Labute approximate surface area is 185 Å². The van der Waals surface area contributed by atoms with E-state index >= 15 is 0 Å². The Kier molecular flexibility index (Phi) is 7.11. The standard InChI is InChI=1S/C19H23Cl2N3O3S2/c1-3-24(4-2)29(26,27)13-7-8-16(23-9-5-6-10-23)15(11-13)22-19(25)14-12-17(20)28-18(14)21/h7-8,11-12H,3-6,9-10H2,1-2H3,(H,22,25). The zero-order chi connectivity index (χ0) is 21.2. The summed E-state index contributed by atoms with van der Waals surface area (Å²) in [5.74, 6) is -0.420. The number of nitrogens with zero attached hydrogens (tertiary/aromatic N) is 2. The minimum absolute atomic E-state index is 0.147. The van der Waals surface area contributed by atoms with E-state index in [1.165, 1.54) is 16.4 Å². The number of sulfonamides is 1. The van der Waals surface area contributed by atoms with Crippen LogP contribution in [0.3, 0.4) is 0 Å². The number of anilines is 2. The molecule has 10 heteroatoms. The van der Waals surface area contributed by atoms with Crippen LogP contribution in [0.1, 0.15) is 37.0 Å². The van der Waals surface area contributed by atoms with Crippen molar-refractivity contribution in [2.75, 3.05) is 36.4 Å². The van der Waals surface area contributed by atoms with Gasteiger partial charge < -0.3 is 10.2 Å². The second-order valence-corrected chi connectivity index (χ2v) is 10.9. The van der Waals surface area contributed by atoms with Gasteiger partial charge in [-0.2, -0.15) is 4.31 Å². The van der Waals surface area contributed by atoms with Crippen LogP contribution >= 0.6 is 34.5 Å². The van der Waals surface area contributed by atoms with Crippen LogP contribution in [0.2, 0.25) is 8.67 Å². The number of hydrogen-bond donors (Lipinski definition) is 1. The summed E-state index contributed by atoms with van der Waals surface area (Å²) in [5.41, 5.74) is 1.52. The van der Waals surface area contributed by atoms with Gasteiger partial charge in [-0.05, 0) is 37.1 Å². The number of thiophene rings is 1. The molecule has 1 fully saturated rings. The molecule has 1 aliphatic rings. The lowest BCUT2D eigenvalue weighted by Crippen LogP contribution is -2.31. The predicted octanol–water partition coefficient (Wildman–Crippen LogP) is 4.94. The molecule has 1 aromatic carbocycles. The Morgan fingerprint density at radius 1 is 1.17 bits per heavy atom. The Bertz CT molecular complexity index is 998. The van der Waals surface area contributed by atoms with E-state index in [2.05, 4.69) is 10.2 Å². The molecule has 0 radical (unpaired) electrons. The number of amides is 1. The summed E-state index contributed by atoms with van der Waals surface area (Å²) < 4.78 is 28.0. The number of halogens is 2. The molecule has 0 unspecified atom stereocenters. The Morgan fingerprint density at radius 2 is 1.83 bits per heavy atom. The zero-order valence-corrected chi connectivity index (χ0v) is 19.4. The van der Waals surface area contributed by atoms with Gasteiger partial charge >= 0.3 is 0 Å². The molecule has 1 N–H and O–H groups in total. The number of carbonyl (C=O) groups excluding carboxylic acids is 1. The number of carbonyl (C=O) groups is 1. The molecule has 1 amide bonds. The molecule has 6 nitrogen and oxygen atoms in total. The molecule has 1 saturated heterocycles. The highest BCUT2D eigenvalue weighted by Crippen LogP contribution is 2.35. The minimum Gasteiger partial charge on any atom is -0.370 e. The second-order valence-electron chi connectivity index (χ2n) is 6.65. The van der Waals surface area contributed by atoms with Gasteiger partial charge in [0, 0.05) is 26.2 Å². The van der Waals surface area contributed by atoms with Crippen molar-refractivity contribution in [1.82, 2.24) is 4.31 Å². The van der Waals surface area contributed by atoms with Crippen molar-refractivity contribution in [2.24, 2.45) is 0 Å². The summed E-state index contributed by atoms with van der Waals surface area (Å²) in [4.78, 5) is 15.1. The molecule has 29 heavy (non-hydrogen) atoms. The van der Waals surface area contributed by atoms with E-state index in [0.29, 0.717) is 27.4 Å². The van der Waals surface area contributed by atoms with E-state index in [9.17, 15) is 13.2 Å². The highest BCUT2D eigenvalue weighted by molar-refractivity contribution is 7.89. The SMILES string of the molecule is CCN(CC)S(=O)(=O)c1ccc(N2CCCC2)c(NC(=O)c2cc(Cl)sc2Cl)c1. The maximum absolute atomic E-state index is 13.0. The largest absolute Gasteiger partial charge is 0.370 e. The van der Waals surface area contributed by atoms with Gasteiger partial charge in [0.1, 0.15) is 4.34 Å². The minimum atomic E-state index is -3.65. The van der Waals surface area contributed by atoms with Crippen LogP contribution in [0.5, 0.6) is 0 Å². The summed E-state index contributed by atoms with van der Waals surface area (Å²) in [5, 5.41) is 2.85. The fourth-order valence-electron chi connectivity index (χ4n) is 3.41. The van der Waals surface area contributed by atoms with Crippen LogP contribution in [-0.2, 0) is 10.0 Å². The van der Waals surface area contributed by atoms with Crippen LogP contribution in [0.4, 0.5) is 11.4 Å². The van der Waals surface area contributed by atoms with Crippen molar-refractivity contribution in [3.63, 3.8) is 0 Å². The molecule has 1 aromatic heterocycles. The number of benzene rings is 1. The van der Waals surface area contributed by atoms with E-state index in [-0.39, 0.29) is 10.5 Å². The summed E-state index contributed by atoms with van der Waals surface area (Å²) in [7, 11) is -3.65. The lowest BCUT2D eigenvalue weighted by Gasteiger charge is -2.24. The lowest BCUT2D eigenvalue weighted by atomic mass is 10.2. The fraction of sp³-hybridized carbons (Fsp3) is 0.421. The van der Waals surface area contributed by atoms with Crippen molar-refractivity contribution in [2.45, 2.75) is 31.6 Å². The van der Waals surface area contributed by atoms with Crippen LogP contribution in [-0.4, -0.2) is 44.8 Å². The van der Waals surface area contributed by atoms with Crippen molar-refractivity contribution in [3.05, 3.63) is 38.5 Å². The average molecular weight is 476 g/mol. The quantitative estimate of drug-likeness (QED) is 0.615. The smallest absolute Gasteiger partial charge is 0.258 e. The van der Waals surface area contributed by atoms with Crippen LogP contribution < -0.4 is 10.2 Å². The van der Waals surface area contributed by atoms with Gasteiger partial charge in [0.2, 0.25) is 10.0 Å². The summed E-state index contributed by atoms with van der Waals surface area (Å²) in [6.45, 7) is 6.05. The van der Waals surface area contributed by atoms with Gasteiger partial charge in [-0.15, -0.1) is 11.3 Å². The first-order chi connectivity index (χ1) is 13.8. The molecule has 3 rings (SSSR count). The molecule has 0 bridgehead atoms. The summed E-state index contributed by atoms with van der Waals surface area (Å²) in [6.07, 6.45) is 2.11. The molecule has 158 valence electrons. The van der Waals surface area contributed by atoms with E-state index in [4.69, 9.17) is 23.2 Å². The lowest BCUT2D eigenvalue weighted by molar-refractivity contribution is 0.102. The maximum Gasteiger partial charge on any atom is 0.258 e. The second kappa shape index (κ2) is 9.22. The van der Waals surface area contributed by atoms with Crippen LogP contribution in [0.15, 0.2) is 29.2 Å². The Morgan fingerprint density at radius 3 is 2.38 bits per heavy atom. The first kappa shape index (κ1) is 22.4. The summed E-state index contributed by atoms with van der Waals surface area (Å²) >= 11 is 13.2. The molecule has 1 aliphatic heterocycles. The molecular weight excluding hydrogens is 453 g/mol.